The molecule has 2 aromatic carbocycles. The van der Waals surface area contributed by atoms with Crippen molar-refractivity contribution in [2.45, 2.75) is 10.9 Å². The SMILES string of the molecule is COc1ccc(C2N=C(c3ccc(SC)cc3)NC2=S)cc1. The van der Waals surface area contributed by atoms with E-state index in [0.29, 0.717) is 0 Å². The van der Waals surface area contributed by atoms with E-state index >= 15 is 0 Å². The zero-order valence-corrected chi connectivity index (χ0v) is 14.0. The van der Waals surface area contributed by atoms with Crippen molar-refractivity contribution in [3.8, 4) is 5.75 Å². The van der Waals surface area contributed by atoms with Gasteiger partial charge in [0.1, 0.15) is 22.6 Å². The van der Waals surface area contributed by atoms with Crippen molar-refractivity contribution in [2.24, 2.45) is 4.99 Å². The average Bonchev–Trinajstić information content (AvgIpc) is 2.97. The number of thiocarbonyl (C=S) groups is 1. The number of ether oxygens (including phenoxy) is 1. The summed E-state index contributed by atoms with van der Waals surface area (Å²) in [4.78, 5) is 6.70. The number of thioether (sulfide) groups is 1. The first-order chi connectivity index (χ1) is 10.7. The van der Waals surface area contributed by atoms with E-state index in [9.17, 15) is 0 Å². The molecule has 1 aliphatic heterocycles. The standard InChI is InChI=1S/C17H16N2OS2/c1-20-13-7-3-11(4-8-13)15-17(21)19-16(18-15)12-5-9-14(22-2)10-6-12/h3-10,15H,1-2H3,(H,18,19,21). The monoisotopic (exact) mass is 328 g/mol. The maximum Gasteiger partial charge on any atom is 0.134 e. The molecule has 112 valence electrons. The molecular weight excluding hydrogens is 312 g/mol. The molecule has 2 aromatic rings. The molecule has 1 unspecified atom stereocenters. The Labute approximate surface area is 139 Å². The molecule has 5 heteroatoms. The molecule has 0 aliphatic carbocycles. The quantitative estimate of drug-likeness (QED) is 0.683. The first kappa shape index (κ1) is 15.1. The van der Waals surface area contributed by atoms with Gasteiger partial charge < -0.3 is 10.1 Å². The molecule has 0 saturated carbocycles. The number of aliphatic imine (C=N–C) groups is 1. The van der Waals surface area contributed by atoms with Crippen LogP contribution in [0.2, 0.25) is 0 Å². The Kier molecular flexibility index (Phi) is 4.45. The number of hydrogen-bond acceptors (Lipinski definition) is 4. The number of benzene rings is 2. The number of methoxy groups -OCH3 is 1. The highest BCUT2D eigenvalue weighted by molar-refractivity contribution is 7.98. The molecule has 1 heterocycles. The van der Waals surface area contributed by atoms with Crippen LogP contribution < -0.4 is 10.1 Å². The summed E-state index contributed by atoms with van der Waals surface area (Å²) in [6, 6.07) is 16.0. The summed E-state index contributed by atoms with van der Waals surface area (Å²) in [5.74, 6) is 1.66. The topological polar surface area (TPSA) is 33.6 Å². The van der Waals surface area contributed by atoms with Gasteiger partial charge in [-0.15, -0.1) is 11.8 Å². The number of rotatable bonds is 4. The fourth-order valence-corrected chi connectivity index (χ4v) is 3.01. The maximum atomic E-state index is 5.45. The largest absolute Gasteiger partial charge is 0.497 e. The molecule has 0 saturated heterocycles. The molecule has 0 amide bonds. The third-order valence-electron chi connectivity index (χ3n) is 3.54. The molecule has 3 rings (SSSR count). The maximum absolute atomic E-state index is 5.45. The van der Waals surface area contributed by atoms with E-state index in [1.54, 1.807) is 18.9 Å². The van der Waals surface area contributed by atoms with Crippen molar-refractivity contribution < 1.29 is 4.74 Å². The Morgan fingerprint density at radius 2 is 1.77 bits per heavy atom. The molecule has 0 bridgehead atoms. The average molecular weight is 328 g/mol. The summed E-state index contributed by atoms with van der Waals surface area (Å²) in [5.41, 5.74) is 2.12. The minimum Gasteiger partial charge on any atom is -0.497 e. The van der Waals surface area contributed by atoms with Gasteiger partial charge in [-0.25, -0.2) is 0 Å². The van der Waals surface area contributed by atoms with Crippen LogP contribution in [0.15, 0.2) is 58.4 Å². The molecular formula is C17H16N2OS2. The lowest BCUT2D eigenvalue weighted by Gasteiger charge is -2.07. The molecule has 1 atom stereocenters. The van der Waals surface area contributed by atoms with Gasteiger partial charge in [-0.05, 0) is 36.1 Å². The van der Waals surface area contributed by atoms with Crippen LogP contribution in [0.5, 0.6) is 5.75 Å². The van der Waals surface area contributed by atoms with Gasteiger partial charge in [0.25, 0.3) is 0 Å². The van der Waals surface area contributed by atoms with Crippen LogP contribution in [0.25, 0.3) is 0 Å². The smallest absolute Gasteiger partial charge is 0.134 e. The van der Waals surface area contributed by atoms with Crippen molar-refractivity contribution in [1.29, 1.82) is 0 Å². The number of nitrogens with one attached hydrogen (secondary N) is 1. The van der Waals surface area contributed by atoms with Crippen molar-refractivity contribution in [1.82, 2.24) is 5.32 Å². The van der Waals surface area contributed by atoms with E-state index < -0.39 is 0 Å². The molecule has 3 nitrogen and oxygen atoms in total. The summed E-state index contributed by atoms with van der Waals surface area (Å²) in [6.07, 6.45) is 2.06. The van der Waals surface area contributed by atoms with Crippen LogP contribution in [-0.4, -0.2) is 24.2 Å². The summed E-state index contributed by atoms with van der Waals surface area (Å²) in [5, 5.41) is 3.23. The molecule has 0 fully saturated rings. The number of nitrogens with zero attached hydrogens (tertiary/aromatic N) is 1. The second-order valence-corrected chi connectivity index (χ2v) is 6.19. The van der Waals surface area contributed by atoms with Gasteiger partial charge in [-0.1, -0.05) is 36.5 Å². The first-order valence-electron chi connectivity index (χ1n) is 6.88. The lowest BCUT2D eigenvalue weighted by atomic mass is 10.1. The lowest BCUT2D eigenvalue weighted by molar-refractivity contribution is 0.414. The number of hydrogen-bond donors (Lipinski definition) is 1. The summed E-state index contributed by atoms with van der Waals surface area (Å²) in [6.45, 7) is 0. The Morgan fingerprint density at radius 1 is 1.09 bits per heavy atom. The zero-order valence-electron chi connectivity index (χ0n) is 12.4. The zero-order chi connectivity index (χ0) is 15.5. The van der Waals surface area contributed by atoms with Crippen molar-refractivity contribution in [3.63, 3.8) is 0 Å². The summed E-state index contributed by atoms with van der Waals surface area (Å²) < 4.78 is 5.18. The Morgan fingerprint density at radius 3 is 2.36 bits per heavy atom. The molecule has 22 heavy (non-hydrogen) atoms. The summed E-state index contributed by atoms with van der Waals surface area (Å²) in [7, 11) is 1.66. The van der Waals surface area contributed by atoms with Crippen molar-refractivity contribution in [3.05, 3.63) is 59.7 Å². The highest BCUT2D eigenvalue weighted by Gasteiger charge is 2.25. The van der Waals surface area contributed by atoms with Crippen LogP contribution in [0.4, 0.5) is 0 Å². The van der Waals surface area contributed by atoms with Gasteiger partial charge in [0, 0.05) is 10.5 Å². The van der Waals surface area contributed by atoms with E-state index in [-0.39, 0.29) is 6.04 Å². The van der Waals surface area contributed by atoms with Crippen LogP contribution in [-0.2, 0) is 0 Å². The van der Waals surface area contributed by atoms with Crippen LogP contribution >= 0.6 is 24.0 Å². The van der Waals surface area contributed by atoms with Gasteiger partial charge in [-0.3, -0.25) is 4.99 Å². The Bertz CT molecular complexity index is 708. The summed E-state index contributed by atoms with van der Waals surface area (Å²) >= 11 is 7.17. The van der Waals surface area contributed by atoms with Crippen LogP contribution in [0, 0.1) is 0 Å². The predicted octanol–water partition coefficient (Wildman–Crippen LogP) is 3.84. The predicted molar refractivity (Wildman–Crippen MR) is 96.2 cm³/mol. The van der Waals surface area contributed by atoms with Gasteiger partial charge in [-0.2, -0.15) is 0 Å². The van der Waals surface area contributed by atoms with Crippen LogP contribution in [0.1, 0.15) is 17.2 Å². The van der Waals surface area contributed by atoms with E-state index in [4.69, 9.17) is 21.9 Å². The Hall–Kier alpha value is -1.85. The highest BCUT2D eigenvalue weighted by atomic mass is 32.2. The van der Waals surface area contributed by atoms with Gasteiger partial charge in [0.05, 0.1) is 7.11 Å². The lowest BCUT2D eigenvalue weighted by Crippen LogP contribution is -2.24. The Balaban J connectivity index is 1.86. The molecule has 0 spiro atoms. The van der Waals surface area contributed by atoms with E-state index in [0.717, 1.165) is 27.7 Å². The van der Waals surface area contributed by atoms with Gasteiger partial charge in [0.15, 0.2) is 0 Å². The van der Waals surface area contributed by atoms with E-state index in [1.807, 2.05) is 24.3 Å². The normalized spacial score (nSPS) is 17.1. The molecule has 0 radical (unpaired) electrons. The molecule has 1 aliphatic rings. The second kappa shape index (κ2) is 6.50. The van der Waals surface area contributed by atoms with Gasteiger partial charge in [0.2, 0.25) is 0 Å². The fraction of sp³-hybridized carbons (Fsp3) is 0.176. The highest BCUT2D eigenvalue weighted by Crippen LogP contribution is 2.26. The minimum atomic E-state index is -0.129. The number of amidine groups is 1. The first-order valence-corrected chi connectivity index (χ1v) is 8.51. The minimum absolute atomic E-state index is 0.129. The fourth-order valence-electron chi connectivity index (χ4n) is 2.31. The second-order valence-electron chi connectivity index (χ2n) is 4.87. The molecule has 0 aromatic heterocycles. The van der Waals surface area contributed by atoms with Gasteiger partial charge >= 0.3 is 0 Å². The van der Waals surface area contributed by atoms with E-state index in [1.165, 1.54) is 4.90 Å². The third-order valence-corrected chi connectivity index (χ3v) is 4.61. The van der Waals surface area contributed by atoms with Crippen molar-refractivity contribution in [2.75, 3.05) is 13.4 Å². The third kappa shape index (κ3) is 3.00. The van der Waals surface area contributed by atoms with Crippen molar-refractivity contribution >= 4 is 34.8 Å². The van der Waals surface area contributed by atoms with E-state index in [2.05, 4.69) is 35.8 Å². The van der Waals surface area contributed by atoms with Crippen LogP contribution in [0.3, 0.4) is 0 Å². The molecule has 1 N–H and O–H groups in total.